The number of aryl methyl sites for hydroxylation is 1. The quantitative estimate of drug-likeness (QED) is 0.524. The molecule has 0 aromatic heterocycles. The maximum absolute atomic E-state index is 8.54. The highest BCUT2D eigenvalue weighted by Gasteiger charge is 1.89. The standard InChI is InChI=1S/C7H8BO/c1-6-3-2-4-7(5-6)8-9/h2-5,9H,1H3. The van der Waals surface area contributed by atoms with Crippen LogP contribution in [0, 0.1) is 6.92 Å². The van der Waals surface area contributed by atoms with Gasteiger partial charge in [0.25, 0.3) is 0 Å². The van der Waals surface area contributed by atoms with Crippen molar-refractivity contribution in [1.82, 2.24) is 0 Å². The third-order valence-electron chi connectivity index (χ3n) is 1.19. The zero-order valence-corrected chi connectivity index (χ0v) is 5.33. The van der Waals surface area contributed by atoms with E-state index in [0.717, 1.165) is 18.5 Å². The van der Waals surface area contributed by atoms with Gasteiger partial charge in [0, 0.05) is 0 Å². The van der Waals surface area contributed by atoms with Gasteiger partial charge in [-0.3, -0.25) is 0 Å². The highest BCUT2D eigenvalue weighted by molar-refractivity contribution is 6.45. The second-order valence-corrected chi connectivity index (χ2v) is 2.04. The molecule has 0 bridgehead atoms. The summed E-state index contributed by atoms with van der Waals surface area (Å²) in [6.07, 6.45) is 0. The largest absolute Gasteiger partial charge is 0.450 e. The average molecular weight is 119 g/mol. The maximum Gasteiger partial charge on any atom is 0.326 e. The van der Waals surface area contributed by atoms with Crippen molar-refractivity contribution in [2.24, 2.45) is 0 Å². The molecule has 0 atom stereocenters. The number of hydrogen-bond donors (Lipinski definition) is 1. The SMILES string of the molecule is Cc1cccc([B]O)c1. The van der Waals surface area contributed by atoms with Crippen LogP contribution in [0.4, 0.5) is 0 Å². The van der Waals surface area contributed by atoms with Gasteiger partial charge in [-0.25, -0.2) is 0 Å². The molecule has 0 amide bonds. The van der Waals surface area contributed by atoms with Crippen molar-refractivity contribution >= 4 is 12.9 Å². The molecule has 2 heteroatoms. The molecule has 0 saturated carbocycles. The molecular weight excluding hydrogens is 111 g/mol. The number of hydrogen-bond acceptors (Lipinski definition) is 1. The van der Waals surface area contributed by atoms with Crippen molar-refractivity contribution in [2.45, 2.75) is 6.92 Å². The predicted molar refractivity (Wildman–Crippen MR) is 38.8 cm³/mol. The summed E-state index contributed by atoms with van der Waals surface area (Å²) >= 11 is 0. The molecule has 0 aliphatic carbocycles. The van der Waals surface area contributed by atoms with E-state index in [9.17, 15) is 0 Å². The van der Waals surface area contributed by atoms with Gasteiger partial charge in [-0.1, -0.05) is 35.3 Å². The maximum atomic E-state index is 8.54. The van der Waals surface area contributed by atoms with Crippen LogP contribution in [0.5, 0.6) is 0 Å². The lowest BCUT2D eigenvalue weighted by atomic mass is 9.88. The lowest BCUT2D eigenvalue weighted by Crippen LogP contribution is -2.12. The minimum Gasteiger partial charge on any atom is -0.450 e. The van der Waals surface area contributed by atoms with Crippen LogP contribution in [-0.4, -0.2) is 12.5 Å². The van der Waals surface area contributed by atoms with Crippen LogP contribution in [0.25, 0.3) is 0 Å². The summed E-state index contributed by atoms with van der Waals surface area (Å²) in [7, 11) is 1.10. The van der Waals surface area contributed by atoms with Crippen molar-refractivity contribution in [2.75, 3.05) is 0 Å². The molecule has 1 radical (unpaired) electrons. The molecule has 0 aliphatic rings. The second kappa shape index (κ2) is 2.69. The third kappa shape index (κ3) is 1.58. The molecule has 0 spiro atoms. The Morgan fingerprint density at radius 2 is 2.22 bits per heavy atom. The molecule has 1 aromatic carbocycles. The molecule has 0 unspecified atom stereocenters. The van der Waals surface area contributed by atoms with Gasteiger partial charge in [0.05, 0.1) is 0 Å². The van der Waals surface area contributed by atoms with E-state index >= 15 is 0 Å². The summed E-state index contributed by atoms with van der Waals surface area (Å²) in [6, 6.07) is 7.68. The summed E-state index contributed by atoms with van der Waals surface area (Å²) in [5.41, 5.74) is 2.02. The molecule has 9 heavy (non-hydrogen) atoms. The highest BCUT2D eigenvalue weighted by atomic mass is 16.2. The van der Waals surface area contributed by atoms with Crippen molar-refractivity contribution in [3.05, 3.63) is 29.8 Å². The lowest BCUT2D eigenvalue weighted by Gasteiger charge is -1.93. The molecule has 1 nitrogen and oxygen atoms in total. The van der Waals surface area contributed by atoms with Crippen LogP contribution < -0.4 is 5.46 Å². The van der Waals surface area contributed by atoms with Gasteiger partial charge < -0.3 is 5.02 Å². The monoisotopic (exact) mass is 119 g/mol. The summed E-state index contributed by atoms with van der Waals surface area (Å²) in [6.45, 7) is 1.99. The van der Waals surface area contributed by atoms with E-state index in [1.165, 1.54) is 0 Å². The topological polar surface area (TPSA) is 20.2 Å². The highest BCUT2D eigenvalue weighted by Crippen LogP contribution is 1.90. The van der Waals surface area contributed by atoms with E-state index in [1.54, 1.807) is 0 Å². The van der Waals surface area contributed by atoms with Crippen molar-refractivity contribution in [1.29, 1.82) is 0 Å². The van der Waals surface area contributed by atoms with E-state index in [-0.39, 0.29) is 0 Å². The van der Waals surface area contributed by atoms with Crippen LogP contribution >= 0.6 is 0 Å². The lowest BCUT2D eigenvalue weighted by molar-refractivity contribution is 0.615. The molecule has 1 aromatic rings. The zero-order valence-electron chi connectivity index (χ0n) is 5.33. The Morgan fingerprint density at radius 1 is 1.44 bits per heavy atom. The molecule has 0 heterocycles. The fraction of sp³-hybridized carbons (Fsp3) is 0.143. The summed E-state index contributed by atoms with van der Waals surface area (Å²) in [5.74, 6) is 0. The predicted octanol–water partition coefficient (Wildman–Crippen LogP) is 0.232. The van der Waals surface area contributed by atoms with Gasteiger partial charge >= 0.3 is 7.48 Å². The van der Waals surface area contributed by atoms with Crippen LogP contribution in [0.3, 0.4) is 0 Å². The van der Waals surface area contributed by atoms with Gasteiger partial charge in [-0.2, -0.15) is 0 Å². The summed E-state index contributed by atoms with van der Waals surface area (Å²) < 4.78 is 0. The molecular formula is C7H8BO. The number of benzene rings is 1. The van der Waals surface area contributed by atoms with Crippen molar-refractivity contribution < 1.29 is 5.02 Å². The molecule has 0 saturated heterocycles. The Balaban J connectivity index is 2.94. The molecule has 1 N–H and O–H groups in total. The molecule has 0 fully saturated rings. The fourth-order valence-electron chi connectivity index (χ4n) is 0.750. The van der Waals surface area contributed by atoms with E-state index < -0.39 is 0 Å². The first-order valence-electron chi connectivity index (χ1n) is 2.87. The van der Waals surface area contributed by atoms with Gasteiger partial charge in [-0.05, 0) is 6.92 Å². The normalized spacial score (nSPS) is 9.11. The minimum atomic E-state index is 0.856. The molecule has 0 aliphatic heterocycles. The third-order valence-corrected chi connectivity index (χ3v) is 1.19. The van der Waals surface area contributed by atoms with Gasteiger partial charge in [0.15, 0.2) is 0 Å². The zero-order chi connectivity index (χ0) is 6.69. The van der Waals surface area contributed by atoms with Gasteiger partial charge in [0.1, 0.15) is 0 Å². The molecule has 1 rings (SSSR count). The Morgan fingerprint density at radius 3 is 2.67 bits per heavy atom. The van der Waals surface area contributed by atoms with E-state index in [4.69, 9.17) is 5.02 Å². The fourth-order valence-corrected chi connectivity index (χ4v) is 0.750. The van der Waals surface area contributed by atoms with E-state index in [1.807, 2.05) is 31.2 Å². The first-order valence-corrected chi connectivity index (χ1v) is 2.87. The molecule has 45 valence electrons. The Kier molecular flexibility index (Phi) is 1.90. The van der Waals surface area contributed by atoms with Crippen molar-refractivity contribution in [3.63, 3.8) is 0 Å². The van der Waals surface area contributed by atoms with Gasteiger partial charge in [-0.15, -0.1) is 0 Å². The summed E-state index contributed by atoms with van der Waals surface area (Å²) in [4.78, 5) is 0. The van der Waals surface area contributed by atoms with Crippen LogP contribution in [0.15, 0.2) is 24.3 Å². The Hall–Kier alpha value is -0.755. The first-order chi connectivity index (χ1) is 4.33. The van der Waals surface area contributed by atoms with Gasteiger partial charge in [0.2, 0.25) is 0 Å². The smallest absolute Gasteiger partial charge is 0.326 e. The number of rotatable bonds is 1. The van der Waals surface area contributed by atoms with E-state index in [2.05, 4.69) is 0 Å². The average Bonchev–Trinajstić information content (AvgIpc) is 1.88. The van der Waals surface area contributed by atoms with Crippen LogP contribution in [0.1, 0.15) is 5.56 Å². The first kappa shape index (κ1) is 6.37. The van der Waals surface area contributed by atoms with Crippen LogP contribution in [-0.2, 0) is 0 Å². The Labute approximate surface area is 55.6 Å². The van der Waals surface area contributed by atoms with E-state index in [0.29, 0.717) is 0 Å². The van der Waals surface area contributed by atoms with Crippen LogP contribution in [0.2, 0.25) is 0 Å². The minimum absolute atomic E-state index is 0.856. The van der Waals surface area contributed by atoms with Crippen molar-refractivity contribution in [3.8, 4) is 0 Å². The second-order valence-electron chi connectivity index (χ2n) is 2.04. The summed E-state index contributed by atoms with van der Waals surface area (Å²) in [5, 5.41) is 8.54. The Bertz CT molecular complexity index is 198.